The Balaban J connectivity index is 3.05. The summed E-state index contributed by atoms with van der Waals surface area (Å²) >= 11 is 6.03. The maximum Gasteiger partial charge on any atom is 0.0824 e. The number of aliphatic hydroxyl groups is 1. The quantitative estimate of drug-likeness (QED) is 0.757. The molecule has 0 unspecified atom stereocenters. The lowest BCUT2D eigenvalue weighted by Crippen LogP contribution is -1.97. The van der Waals surface area contributed by atoms with Crippen molar-refractivity contribution in [3.05, 3.63) is 46.5 Å². The zero-order valence-electron chi connectivity index (χ0n) is 8.55. The molecule has 1 rings (SSSR count). The van der Waals surface area contributed by atoms with Gasteiger partial charge in [0.25, 0.3) is 0 Å². The molecule has 1 atom stereocenters. The Morgan fingerprint density at radius 1 is 1.43 bits per heavy atom. The lowest BCUT2D eigenvalue weighted by molar-refractivity contribution is 0.181. The van der Waals surface area contributed by atoms with E-state index >= 15 is 0 Å². The number of aliphatic hydroxyl groups excluding tert-OH is 1. The summed E-state index contributed by atoms with van der Waals surface area (Å²) < 4.78 is 0. The summed E-state index contributed by atoms with van der Waals surface area (Å²) in [5, 5.41) is 10.5. The minimum Gasteiger partial charge on any atom is -0.388 e. The van der Waals surface area contributed by atoms with Crippen molar-refractivity contribution < 1.29 is 5.11 Å². The molecular weight excluding hydrogens is 196 g/mol. The summed E-state index contributed by atoms with van der Waals surface area (Å²) in [7, 11) is 0. The number of benzene rings is 1. The van der Waals surface area contributed by atoms with Crippen LogP contribution in [-0.4, -0.2) is 5.11 Å². The first-order chi connectivity index (χ1) is 6.56. The van der Waals surface area contributed by atoms with Crippen LogP contribution in [0.15, 0.2) is 24.8 Å². The molecule has 0 aromatic heterocycles. The predicted octanol–water partition coefficient (Wildman–Crippen LogP) is 3.57. The number of hydrogen-bond donors (Lipinski definition) is 1. The van der Waals surface area contributed by atoms with E-state index in [0.717, 1.165) is 21.7 Å². The highest BCUT2D eigenvalue weighted by molar-refractivity contribution is 6.32. The van der Waals surface area contributed by atoms with Crippen molar-refractivity contribution in [2.75, 3.05) is 0 Å². The molecule has 0 saturated carbocycles. The summed E-state index contributed by atoms with van der Waals surface area (Å²) in [5.74, 6) is 0. The summed E-state index contributed by atoms with van der Waals surface area (Å²) in [5.41, 5.74) is 2.92. The van der Waals surface area contributed by atoms with Crippen LogP contribution in [0.5, 0.6) is 0 Å². The Hall–Kier alpha value is -0.790. The Morgan fingerprint density at radius 3 is 2.36 bits per heavy atom. The van der Waals surface area contributed by atoms with Crippen LogP contribution in [0, 0.1) is 13.8 Å². The van der Waals surface area contributed by atoms with Crippen molar-refractivity contribution in [2.45, 2.75) is 26.4 Å². The fourth-order valence-electron chi connectivity index (χ4n) is 1.47. The normalized spacial score (nSPS) is 12.6. The Labute approximate surface area is 90.0 Å². The molecule has 0 aliphatic heterocycles. The fourth-order valence-corrected chi connectivity index (χ4v) is 1.57. The average molecular weight is 211 g/mol. The second kappa shape index (κ2) is 4.63. The van der Waals surface area contributed by atoms with Gasteiger partial charge in [0.2, 0.25) is 0 Å². The third kappa shape index (κ3) is 2.37. The Morgan fingerprint density at radius 2 is 1.93 bits per heavy atom. The zero-order valence-corrected chi connectivity index (χ0v) is 9.30. The lowest BCUT2D eigenvalue weighted by atomic mass is 10.0. The second-order valence-corrected chi connectivity index (χ2v) is 3.89. The van der Waals surface area contributed by atoms with E-state index in [1.165, 1.54) is 0 Å². The number of rotatable bonds is 3. The van der Waals surface area contributed by atoms with E-state index in [1.807, 2.05) is 26.0 Å². The summed E-state index contributed by atoms with van der Waals surface area (Å²) in [6, 6.07) is 3.84. The first-order valence-corrected chi connectivity index (χ1v) is 4.99. The second-order valence-electron chi connectivity index (χ2n) is 3.51. The monoisotopic (exact) mass is 210 g/mol. The van der Waals surface area contributed by atoms with Crippen molar-refractivity contribution in [3.8, 4) is 0 Å². The van der Waals surface area contributed by atoms with Gasteiger partial charge in [-0.25, -0.2) is 0 Å². The van der Waals surface area contributed by atoms with Gasteiger partial charge < -0.3 is 5.11 Å². The van der Waals surface area contributed by atoms with Gasteiger partial charge in [-0.3, -0.25) is 0 Å². The summed E-state index contributed by atoms with van der Waals surface area (Å²) in [4.78, 5) is 0. The fraction of sp³-hybridized carbons (Fsp3) is 0.333. The van der Waals surface area contributed by atoms with Gasteiger partial charge in [-0.05, 0) is 37.0 Å². The third-order valence-electron chi connectivity index (χ3n) is 2.23. The highest BCUT2D eigenvalue weighted by atomic mass is 35.5. The van der Waals surface area contributed by atoms with Gasteiger partial charge in [0, 0.05) is 5.02 Å². The van der Waals surface area contributed by atoms with Crippen molar-refractivity contribution in [1.29, 1.82) is 0 Å². The minimum absolute atomic E-state index is 0.470. The van der Waals surface area contributed by atoms with Gasteiger partial charge in [-0.15, -0.1) is 6.58 Å². The van der Waals surface area contributed by atoms with Gasteiger partial charge in [0.15, 0.2) is 0 Å². The minimum atomic E-state index is -0.470. The smallest absolute Gasteiger partial charge is 0.0824 e. The van der Waals surface area contributed by atoms with Crippen molar-refractivity contribution >= 4 is 11.6 Å². The topological polar surface area (TPSA) is 20.2 Å². The molecule has 1 nitrogen and oxygen atoms in total. The standard InChI is InChI=1S/C12H15ClO/c1-4-5-11(14)10-6-8(2)12(13)9(3)7-10/h4,6-7,11,14H,1,5H2,2-3H3/t11-/m1/s1. The van der Waals surface area contributed by atoms with Crippen LogP contribution in [0.3, 0.4) is 0 Å². The van der Waals surface area contributed by atoms with Gasteiger partial charge in [0.1, 0.15) is 0 Å². The van der Waals surface area contributed by atoms with Gasteiger partial charge in [-0.1, -0.05) is 29.8 Å². The van der Waals surface area contributed by atoms with Crippen molar-refractivity contribution in [1.82, 2.24) is 0 Å². The molecule has 0 amide bonds. The van der Waals surface area contributed by atoms with E-state index in [-0.39, 0.29) is 0 Å². The van der Waals surface area contributed by atoms with E-state index < -0.39 is 6.10 Å². The molecule has 0 heterocycles. The van der Waals surface area contributed by atoms with Crippen LogP contribution in [0.4, 0.5) is 0 Å². The molecule has 76 valence electrons. The highest BCUT2D eigenvalue weighted by Crippen LogP contribution is 2.26. The molecule has 0 fully saturated rings. The molecule has 0 radical (unpaired) electrons. The number of aryl methyl sites for hydroxylation is 2. The maximum atomic E-state index is 9.75. The summed E-state index contributed by atoms with van der Waals surface area (Å²) in [6.45, 7) is 7.49. The molecule has 0 saturated heterocycles. The van der Waals surface area contributed by atoms with Crippen LogP contribution in [0.25, 0.3) is 0 Å². The molecule has 0 spiro atoms. The van der Waals surface area contributed by atoms with E-state index in [1.54, 1.807) is 6.08 Å². The van der Waals surface area contributed by atoms with Crippen LogP contribution in [0.1, 0.15) is 29.2 Å². The molecule has 1 aromatic rings. The number of halogens is 1. The Kier molecular flexibility index (Phi) is 3.73. The van der Waals surface area contributed by atoms with Gasteiger partial charge in [-0.2, -0.15) is 0 Å². The highest BCUT2D eigenvalue weighted by Gasteiger charge is 2.08. The van der Waals surface area contributed by atoms with E-state index in [9.17, 15) is 5.11 Å². The molecule has 1 N–H and O–H groups in total. The first kappa shape index (κ1) is 11.3. The average Bonchev–Trinajstić information content (AvgIpc) is 2.13. The SMILES string of the molecule is C=CC[C@@H](O)c1cc(C)c(Cl)c(C)c1. The lowest BCUT2D eigenvalue weighted by Gasteiger charge is -2.12. The van der Waals surface area contributed by atoms with E-state index in [4.69, 9.17) is 11.6 Å². The zero-order chi connectivity index (χ0) is 10.7. The van der Waals surface area contributed by atoms with Crippen molar-refractivity contribution in [3.63, 3.8) is 0 Å². The predicted molar refractivity (Wildman–Crippen MR) is 60.7 cm³/mol. The number of hydrogen-bond acceptors (Lipinski definition) is 1. The van der Waals surface area contributed by atoms with Crippen LogP contribution < -0.4 is 0 Å². The maximum absolute atomic E-state index is 9.75. The molecular formula is C12H15ClO. The molecule has 0 aliphatic carbocycles. The summed E-state index contributed by atoms with van der Waals surface area (Å²) in [6.07, 6.45) is 1.81. The molecule has 2 heteroatoms. The van der Waals surface area contributed by atoms with Gasteiger partial charge >= 0.3 is 0 Å². The van der Waals surface area contributed by atoms with E-state index in [2.05, 4.69) is 6.58 Å². The van der Waals surface area contributed by atoms with Crippen LogP contribution in [0.2, 0.25) is 5.02 Å². The van der Waals surface area contributed by atoms with E-state index in [0.29, 0.717) is 6.42 Å². The van der Waals surface area contributed by atoms with Crippen LogP contribution in [-0.2, 0) is 0 Å². The third-order valence-corrected chi connectivity index (χ3v) is 2.83. The van der Waals surface area contributed by atoms with Gasteiger partial charge in [0.05, 0.1) is 6.10 Å². The molecule has 0 bridgehead atoms. The van der Waals surface area contributed by atoms with Crippen LogP contribution >= 0.6 is 11.6 Å². The molecule has 14 heavy (non-hydrogen) atoms. The molecule has 0 aliphatic rings. The Bertz CT molecular complexity index is 321. The largest absolute Gasteiger partial charge is 0.388 e. The molecule has 1 aromatic carbocycles. The van der Waals surface area contributed by atoms with Crippen molar-refractivity contribution in [2.24, 2.45) is 0 Å². The first-order valence-electron chi connectivity index (χ1n) is 4.62.